The Balaban J connectivity index is 0.00000115. The lowest BCUT2D eigenvalue weighted by Gasteiger charge is -2.29. The molecule has 2 aromatic rings. The molecule has 0 aliphatic carbocycles. The number of nitrogens with one attached hydrogen (secondary N) is 2. The molecule has 1 aromatic carbocycles. The van der Waals surface area contributed by atoms with E-state index in [9.17, 15) is 32.8 Å². The average Bonchev–Trinajstić information content (AvgIpc) is 3.36. The maximum atomic E-state index is 12.4. The number of carbonyl (C=O) groups is 2. The summed E-state index contributed by atoms with van der Waals surface area (Å²) in [6.07, 6.45) is -1.15. The normalized spacial score (nSPS) is 13.7. The molecule has 40 heavy (non-hydrogen) atoms. The summed E-state index contributed by atoms with van der Waals surface area (Å²) < 4.78 is 37.3. The van der Waals surface area contributed by atoms with Crippen LogP contribution in [0.25, 0.3) is 0 Å². The minimum absolute atomic E-state index is 0.124. The van der Waals surface area contributed by atoms with Gasteiger partial charge in [0, 0.05) is 37.8 Å². The molecular weight excluding hydrogens is 562 g/mol. The third-order valence-corrected chi connectivity index (χ3v) is 7.30. The second-order valence-corrected chi connectivity index (χ2v) is 11.8. The van der Waals surface area contributed by atoms with Crippen LogP contribution in [0, 0.1) is 36.3 Å². The van der Waals surface area contributed by atoms with Crippen molar-refractivity contribution < 1.29 is 32.8 Å². The Morgan fingerprint density at radius 3 is 2.05 bits per heavy atom. The number of aliphatic hydroxyl groups is 2. The first-order valence-electron chi connectivity index (χ1n) is 13.0. The van der Waals surface area contributed by atoms with Gasteiger partial charge in [-0.05, 0) is 36.5 Å². The van der Waals surface area contributed by atoms with Gasteiger partial charge in [0.1, 0.15) is 28.3 Å². The summed E-state index contributed by atoms with van der Waals surface area (Å²) in [5.41, 5.74) is 0.728. The number of halogens is 2. The number of rotatable bonds is 11. The van der Waals surface area contributed by atoms with Crippen molar-refractivity contribution in [3.63, 3.8) is 0 Å². The molecule has 1 heterocycles. The lowest BCUT2D eigenvalue weighted by molar-refractivity contribution is -0.134. The van der Waals surface area contributed by atoms with Gasteiger partial charge in [0.05, 0.1) is 18.1 Å². The number of aryl methyl sites for hydroxylation is 1. The molecule has 1 aromatic heterocycles. The second-order valence-electron chi connectivity index (χ2n) is 9.56. The summed E-state index contributed by atoms with van der Waals surface area (Å²) in [5.74, 6) is -2.64. The van der Waals surface area contributed by atoms with Gasteiger partial charge >= 0.3 is 0 Å². The van der Waals surface area contributed by atoms with Crippen LogP contribution >= 0.6 is 11.3 Å². The quantitative estimate of drug-likeness (QED) is 0.309. The molecule has 0 spiro atoms. The van der Waals surface area contributed by atoms with Crippen LogP contribution in [0.2, 0.25) is 0 Å². The maximum absolute atomic E-state index is 12.4. The lowest BCUT2D eigenvalue weighted by atomic mass is 9.86. The van der Waals surface area contributed by atoms with E-state index in [-0.39, 0.29) is 30.0 Å². The number of nitrogens with zero attached hydrogens (tertiary/aromatic N) is 2. The highest BCUT2D eigenvalue weighted by Crippen LogP contribution is 2.21. The molecule has 0 aliphatic rings. The summed E-state index contributed by atoms with van der Waals surface area (Å²) in [5, 5.41) is 28.0. The summed E-state index contributed by atoms with van der Waals surface area (Å²) >= 11 is 1.17. The smallest absolute Gasteiger partial charge is 0.270 e. The summed E-state index contributed by atoms with van der Waals surface area (Å²) in [6.45, 7) is 13.4. The Hall–Kier alpha value is -2.48. The number of carbonyl (C=O) groups excluding carboxylic acids is 2. The number of anilines is 1. The van der Waals surface area contributed by atoms with Gasteiger partial charge in [0.15, 0.2) is 5.13 Å². The lowest BCUT2D eigenvalue weighted by Crippen LogP contribution is -2.49. The van der Waals surface area contributed by atoms with Crippen LogP contribution in [0.4, 0.5) is 13.9 Å². The monoisotopic (exact) mass is 606 g/mol. The molecule has 4 atom stereocenters. The highest BCUT2D eigenvalue weighted by molar-refractivity contribution is 7.85. The van der Waals surface area contributed by atoms with Crippen molar-refractivity contribution in [3.8, 4) is 0 Å². The fraction of sp³-hybridized carbons (Fsp3) is 0.593. The number of hydrogen-bond acceptors (Lipinski definition) is 7. The van der Waals surface area contributed by atoms with Crippen LogP contribution in [0.3, 0.4) is 0 Å². The van der Waals surface area contributed by atoms with Crippen LogP contribution < -0.4 is 14.9 Å². The molecule has 0 aliphatic heterocycles. The Kier molecular flexibility index (Phi) is 17.6. The Morgan fingerprint density at radius 1 is 1.05 bits per heavy atom. The standard InChI is InChI=1S/C18H32N4O5S2.C7H6F2.C2H6/c1-10(2)7-19-17(26)14(11(3)4)15(24)13(23)8-20-16(25)12-9-28-18(21-12)22(5)29(6)27;1-5-2-6(8)4-7(9)3-5;1-2/h9-11,13-15,23-24H,7-8H2,1-6H3,(H,19,26)(H,20,25);2-4H,1H3;1-2H3. The Morgan fingerprint density at radius 2 is 1.60 bits per heavy atom. The topological polar surface area (TPSA) is 132 Å². The van der Waals surface area contributed by atoms with Crippen molar-refractivity contribution in [3.05, 3.63) is 46.5 Å². The zero-order valence-electron chi connectivity index (χ0n) is 24.7. The number of hydrogen-bond donors (Lipinski definition) is 4. The molecule has 0 fully saturated rings. The van der Waals surface area contributed by atoms with Gasteiger partial charge < -0.3 is 20.8 Å². The first kappa shape index (κ1) is 37.5. The molecule has 4 N–H and O–H groups in total. The summed E-state index contributed by atoms with van der Waals surface area (Å²) in [7, 11) is 0.345. The van der Waals surface area contributed by atoms with Crippen molar-refractivity contribution in [2.24, 2.45) is 17.8 Å². The predicted molar refractivity (Wildman–Crippen MR) is 158 cm³/mol. The molecule has 13 heteroatoms. The number of benzene rings is 1. The second kappa shape index (κ2) is 18.8. The minimum Gasteiger partial charge on any atom is -0.390 e. The molecule has 2 amide bonds. The van der Waals surface area contributed by atoms with Gasteiger partial charge in [-0.1, -0.05) is 41.5 Å². The van der Waals surface area contributed by atoms with E-state index in [0.29, 0.717) is 17.2 Å². The van der Waals surface area contributed by atoms with Gasteiger partial charge in [0.25, 0.3) is 5.91 Å². The SMILES string of the molecule is CC.CC(C)CNC(=O)C(C(C)C)C(O)C(O)CNC(=O)c1csc(N(C)S(C)=O)n1.Cc1cc(F)cc(F)c1. The fourth-order valence-corrected chi connectivity index (χ4v) is 4.62. The van der Waals surface area contributed by atoms with Crippen LogP contribution in [-0.2, 0) is 15.8 Å². The van der Waals surface area contributed by atoms with Gasteiger partial charge in [-0.25, -0.2) is 18.0 Å². The molecule has 0 saturated carbocycles. The molecular formula is C27H44F2N4O5S2. The van der Waals surface area contributed by atoms with Gasteiger partial charge in [-0.2, -0.15) is 0 Å². The zero-order valence-corrected chi connectivity index (χ0v) is 26.3. The van der Waals surface area contributed by atoms with E-state index in [2.05, 4.69) is 15.6 Å². The van der Waals surface area contributed by atoms with Gasteiger partial charge in [-0.3, -0.25) is 13.9 Å². The number of aromatic nitrogens is 1. The van der Waals surface area contributed by atoms with Crippen molar-refractivity contribution in [2.75, 3.05) is 30.7 Å². The molecule has 9 nitrogen and oxygen atoms in total. The zero-order chi connectivity index (χ0) is 31.2. The van der Waals surface area contributed by atoms with E-state index < -0.39 is 46.7 Å². The van der Waals surface area contributed by atoms with Crippen molar-refractivity contribution in [1.29, 1.82) is 0 Å². The fourth-order valence-electron chi connectivity index (χ4n) is 3.24. The predicted octanol–water partition coefficient (Wildman–Crippen LogP) is 3.67. The van der Waals surface area contributed by atoms with Crippen molar-refractivity contribution in [2.45, 2.75) is 60.7 Å². The molecule has 2 rings (SSSR count). The van der Waals surface area contributed by atoms with E-state index in [1.54, 1.807) is 27.8 Å². The average molecular weight is 607 g/mol. The van der Waals surface area contributed by atoms with Crippen molar-refractivity contribution in [1.82, 2.24) is 15.6 Å². The molecule has 0 radical (unpaired) electrons. The van der Waals surface area contributed by atoms with Crippen LogP contribution in [0.15, 0.2) is 23.6 Å². The summed E-state index contributed by atoms with van der Waals surface area (Å²) in [4.78, 5) is 28.8. The van der Waals surface area contributed by atoms with E-state index in [0.717, 1.165) is 6.07 Å². The third-order valence-electron chi connectivity index (χ3n) is 5.33. The summed E-state index contributed by atoms with van der Waals surface area (Å²) in [6, 6.07) is 3.42. The number of amides is 2. The highest BCUT2D eigenvalue weighted by Gasteiger charge is 2.34. The minimum atomic E-state index is -1.33. The van der Waals surface area contributed by atoms with E-state index in [4.69, 9.17) is 0 Å². The van der Waals surface area contributed by atoms with E-state index in [1.165, 1.54) is 39.4 Å². The van der Waals surface area contributed by atoms with E-state index in [1.807, 2.05) is 27.7 Å². The van der Waals surface area contributed by atoms with E-state index >= 15 is 0 Å². The highest BCUT2D eigenvalue weighted by atomic mass is 32.2. The molecule has 0 saturated heterocycles. The largest absolute Gasteiger partial charge is 0.390 e. The van der Waals surface area contributed by atoms with Crippen LogP contribution in [0.1, 0.15) is 57.6 Å². The maximum Gasteiger partial charge on any atom is 0.270 e. The number of thiazole rings is 1. The first-order chi connectivity index (χ1) is 18.6. The Bertz CT molecular complexity index is 1030. The molecule has 228 valence electrons. The van der Waals surface area contributed by atoms with Crippen LogP contribution in [0.5, 0.6) is 0 Å². The first-order valence-corrected chi connectivity index (χ1v) is 15.4. The van der Waals surface area contributed by atoms with Gasteiger partial charge in [0.2, 0.25) is 5.91 Å². The van der Waals surface area contributed by atoms with Gasteiger partial charge in [-0.15, -0.1) is 11.3 Å². The molecule has 0 bridgehead atoms. The third kappa shape index (κ3) is 13.2. The Labute approximate surface area is 243 Å². The van der Waals surface area contributed by atoms with Crippen LogP contribution in [-0.4, -0.2) is 69.8 Å². The van der Waals surface area contributed by atoms with Crippen molar-refractivity contribution >= 4 is 39.3 Å². The molecule has 4 unspecified atom stereocenters. The number of aliphatic hydroxyl groups excluding tert-OH is 2.